The third-order valence-corrected chi connectivity index (χ3v) is 2.20. The molecule has 0 atom stereocenters. The van der Waals surface area contributed by atoms with Crippen LogP contribution >= 0.6 is 0 Å². The van der Waals surface area contributed by atoms with E-state index >= 15 is 0 Å². The molecule has 0 saturated heterocycles. The highest BCUT2D eigenvalue weighted by Gasteiger charge is 2.12. The van der Waals surface area contributed by atoms with Crippen LogP contribution in [0, 0.1) is 6.92 Å². The fraction of sp³-hybridized carbons (Fsp3) is 0.167. The number of aryl methyl sites for hydroxylation is 1. The second kappa shape index (κ2) is 4.69. The van der Waals surface area contributed by atoms with Crippen LogP contribution in [0.4, 0.5) is 0 Å². The maximum atomic E-state index is 12.0. The van der Waals surface area contributed by atoms with Crippen LogP contribution < -0.4 is 4.74 Å². The standard InChI is InChI=1S/C12H11N3O2/c1-8-4-14-12(15-5-8)11(16)9-3-10(17-2)7-13-6-9/h3-7H,1-2H3. The van der Waals surface area contributed by atoms with Gasteiger partial charge < -0.3 is 4.74 Å². The molecule has 0 amide bonds. The van der Waals surface area contributed by atoms with Crippen molar-refractivity contribution in [1.82, 2.24) is 15.0 Å². The maximum Gasteiger partial charge on any atom is 0.231 e. The van der Waals surface area contributed by atoms with Crippen molar-refractivity contribution in [3.8, 4) is 5.75 Å². The molecular weight excluding hydrogens is 218 g/mol. The molecule has 0 N–H and O–H groups in total. The molecule has 2 aromatic heterocycles. The molecule has 86 valence electrons. The Balaban J connectivity index is 2.33. The number of carbonyl (C=O) groups excluding carboxylic acids is 1. The van der Waals surface area contributed by atoms with Gasteiger partial charge >= 0.3 is 0 Å². The summed E-state index contributed by atoms with van der Waals surface area (Å²) in [6.07, 6.45) is 6.21. The van der Waals surface area contributed by atoms with Crippen LogP contribution in [0.25, 0.3) is 0 Å². The van der Waals surface area contributed by atoms with E-state index in [0.717, 1.165) is 5.56 Å². The van der Waals surface area contributed by atoms with Crippen molar-refractivity contribution in [1.29, 1.82) is 0 Å². The van der Waals surface area contributed by atoms with Crippen LogP contribution in [0.15, 0.2) is 30.9 Å². The van der Waals surface area contributed by atoms with Crippen LogP contribution in [0.5, 0.6) is 5.75 Å². The summed E-state index contributed by atoms with van der Waals surface area (Å²) in [4.78, 5) is 23.9. The summed E-state index contributed by atoms with van der Waals surface area (Å²) >= 11 is 0. The lowest BCUT2D eigenvalue weighted by atomic mass is 10.2. The number of pyridine rings is 1. The van der Waals surface area contributed by atoms with Crippen molar-refractivity contribution >= 4 is 5.78 Å². The molecule has 2 aromatic rings. The summed E-state index contributed by atoms with van der Waals surface area (Å²) in [5.74, 6) is 0.421. The van der Waals surface area contributed by atoms with Crippen LogP contribution in [0.2, 0.25) is 0 Å². The molecular formula is C12H11N3O2. The number of nitrogens with zero attached hydrogens (tertiary/aromatic N) is 3. The zero-order chi connectivity index (χ0) is 12.3. The fourth-order valence-electron chi connectivity index (χ4n) is 1.29. The molecule has 0 unspecified atom stereocenters. The normalized spacial score (nSPS) is 10.0. The monoisotopic (exact) mass is 229 g/mol. The quantitative estimate of drug-likeness (QED) is 0.745. The number of methoxy groups -OCH3 is 1. The van der Waals surface area contributed by atoms with E-state index in [1.807, 2.05) is 6.92 Å². The van der Waals surface area contributed by atoms with E-state index in [0.29, 0.717) is 11.3 Å². The van der Waals surface area contributed by atoms with Crippen molar-refractivity contribution in [2.45, 2.75) is 6.92 Å². The zero-order valence-corrected chi connectivity index (χ0v) is 9.54. The molecule has 0 spiro atoms. The van der Waals surface area contributed by atoms with Gasteiger partial charge in [0.1, 0.15) is 5.75 Å². The maximum absolute atomic E-state index is 12.0. The summed E-state index contributed by atoms with van der Waals surface area (Å²) in [5.41, 5.74) is 1.32. The molecule has 0 aliphatic rings. The highest BCUT2D eigenvalue weighted by atomic mass is 16.5. The molecule has 2 heterocycles. The molecule has 17 heavy (non-hydrogen) atoms. The molecule has 2 rings (SSSR count). The Morgan fingerprint density at radius 1 is 1.18 bits per heavy atom. The number of carbonyl (C=O) groups is 1. The van der Waals surface area contributed by atoms with Crippen LogP contribution in [0.1, 0.15) is 21.7 Å². The molecule has 5 nitrogen and oxygen atoms in total. The number of hydrogen-bond donors (Lipinski definition) is 0. The van der Waals surface area contributed by atoms with Crippen LogP contribution in [0.3, 0.4) is 0 Å². The minimum absolute atomic E-state index is 0.158. The first-order valence-electron chi connectivity index (χ1n) is 5.03. The van der Waals surface area contributed by atoms with Gasteiger partial charge in [0, 0.05) is 24.2 Å². The van der Waals surface area contributed by atoms with Gasteiger partial charge in [-0.05, 0) is 18.6 Å². The van der Waals surface area contributed by atoms with Crippen molar-refractivity contribution < 1.29 is 9.53 Å². The van der Waals surface area contributed by atoms with Gasteiger partial charge in [0.15, 0.2) is 0 Å². The summed E-state index contributed by atoms with van der Waals surface area (Å²) in [6.45, 7) is 1.86. The Hall–Kier alpha value is -2.30. The van der Waals surface area contributed by atoms with E-state index < -0.39 is 0 Å². The molecule has 0 aliphatic carbocycles. The first-order chi connectivity index (χ1) is 8.20. The Labute approximate surface area is 98.5 Å². The van der Waals surface area contributed by atoms with Gasteiger partial charge in [0.2, 0.25) is 11.6 Å². The van der Waals surface area contributed by atoms with Gasteiger partial charge in [0.05, 0.1) is 13.3 Å². The minimum atomic E-state index is -0.267. The van der Waals surface area contributed by atoms with Gasteiger partial charge in [-0.2, -0.15) is 0 Å². The number of hydrogen-bond acceptors (Lipinski definition) is 5. The van der Waals surface area contributed by atoms with Gasteiger partial charge in [-0.15, -0.1) is 0 Å². The van der Waals surface area contributed by atoms with Gasteiger partial charge in [-0.1, -0.05) is 0 Å². The van der Waals surface area contributed by atoms with Crippen molar-refractivity contribution in [2.75, 3.05) is 7.11 Å². The highest BCUT2D eigenvalue weighted by molar-refractivity contribution is 6.06. The first kappa shape index (κ1) is 11.2. The molecule has 0 bridgehead atoms. The van der Waals surface area contributed by atoms with E-state index in [9.17, 15) is 4.79 Å². The third kappa shape index (κ3) is 2.44. The third-order valence-electron chi connectivity index (χ3n) is 2.20. The second-order valence-electron chi connectivity index (χ2n) is 3.53. The molecule has 5 heteroatoms. The summed E-state index contributed by atoms with van der Waals surface area (Å²) in [5, 5.41) is 0. The Bertz CT molecular complexity index is 538. The van der Waals surface area contributed by atoms with Crippen LogP contribution in [-0.2, 0) is 0 Å². The fourth-order valence-corrected chi connectivity index (χ4v) is 1.29. The number of ketones is 1. The minimum Gasteiger partial charge on any atom is -0.495 e. The molecule has 0 saturated carbocycles. The van der Waals surface area contributed by atoms with Crippen molar-refractivity contribution in [3.63, 3.8) is 0 Å². The topological polar surface area (TPSA) is 65.0 Å². The lowest BCUT2D eigenvalue weighted by molar-refractivity contribution is 0.102. The molecule has 0 fully saturated rings. The Morgan fingerprint density at radius 3 is 2.53 bits per heavy atom. The lowest BCUT2D eigenvalue weighted by Crippen LogP contribution is -2.07. The van der Waals surface area contributed by atoms with Gasteiger partial charge in [-0.3, -0.25) is 9.78 Å². The number of aromatic nitrogens is 3. The zero-order valence-electron chi connectivity index (χ0n) is 9.54. The van der Waals surface area contributed by atoms with Gasteiger partial charge in [-0.25, -0.2) is 9.97 Å². The predicted molar refractivity (Wildman–Crippen MR) is 61.0 cm³/mol. The van der Waals surface area contributed by atoms with E-state index in [1.165, 1.54) is 19.5 Å². The Kier molecular flexibility index (Phi) is 3.09. The van der Waals surface area contributed by atoms with Crippen molar-refractivity contribution in [3.05, 3.63) is 47.8 Å². The van der Waals surface area contributed by atoms with Crippen molar-refractivity contribution in [2.24, 2.45) is 0 Å². The van der Waals surface area contributed by atoms with Gasteiger partial charge in [0.25, 0.3) is 0 Å². The average Bonchev–Trinajstić information content (AvgIpc) is 2.39. The summed E-state index contributed by atoms with van der Waals surface area (Å²) < 4.78 is 5.00. The Morgan fingerprint density at radius 2 is 1.88 bits per heavy atom. The van der Waals surface area contributed by atoms with E-state index in [2.05, 4.69) is 15.0 Å². The number of rotatable bonds is 3. The highest BCUT2D eigenvalue weighted by Crippen LogP contribution is 2.12. The van der Waals surface area contributed by atoms with E-state index in [-0.39, 0.29) is 11.6 Å². The molecule has 0 radical (unpaired) electrons. The largest absolute Gasteiger partial charge is 0.495 e. The number of ether oxygens (including phenoxy) is 1. The lowest BCUT2D eigenvalue weighted by Gasteiger charge is -2.02. The average molecular weight is 229 g/mol. The van der Waals surface area contributed by atoms with E-state index in [1.54, 1.807) is 18.5 Å². The summed E-state index contributed by atoms with van der Waals surface area (Å²) in [6, 6.07) is 1.61. The molecule has 0 aliphatic heterocycles. The smallest absolute Gasteiger partial charge is 0.231 e. The summed E-state index contributed by atoms with van der Waals surface area (Å²) in [7, 11) is 1.52. The van der Waals surface area contributed by atoms with E-state index in [4.69, 9.17) is 4.74 Å². The predicted octanol–water partition coefficient (Wildman–Crippen LogP) is 1.42. The SMILES string of the molecule is COc1cncc(C(=O)c2ncc(C)cn2)c1. The molecule has 0 aromatic carbocycles. The van der Waals surface area contributed by atoms with Crippen LogP contribution in [-0.4, -0.2) is 27.8 Å². The first-order valence-corrected chi connectivity index (χ1v) is 5.03. The second-order valence-corrected chi connectivity index (χ2v) is 3.53.